The quantitative estimate of drug-likeness (QED) is 0.623. The SMILES string of the molecule is CCn1c(-c2ccccc2)cc2ccc(OC(C)(C)CC(C)(C)O)cc21. The third kappa shape index (κ3) is 4.10. The number of hydrogen-bond donors (Lipinski definition) is 1. The second kappa shape index (κ2) is 6.81. The molecule has 0 fully saturated rings. The molecule has 2 aromatic carbocycles. The van der Waals surface area contributed by atoms with Gasteiger partial charge in [-0.05, 0) is 58.4 Å². The molecule has 0 bridgehead atoms. The largest absolute Gasteiger partial charge is 0.488 e. The second-order valence-electron chi connectivity index (χ2n) is 8.21. The Bertz CT molecular complexity index is 886. The van der Waals surface area contributed by atoms with Gasteiger partial charge < -0.3 is 14.4 Å². The van der Waals surface area contributed by atoms with Crippen molar-refractivity contribution in [1.29, 1.82) is 0 Å². The molecule has 0 spiro atoms. The van der Waals surface area contributed by atoms with E-state index >= 15 is 0 Å². The molecule has 1 heterocycles. The summed E-state index contributed by atoms with van der Waals surface area (Å²) in [5, 5.41) is 11.3. The Hall–Kier alpha value is -2.26. The van der Waals surface area contributed by atoms with Crippen molar-refractivity contribution in [2.45, 2.75) is 58.8 Å². The number of aliphatic hydroxyl groups is 1. The van der Waals surface area contributed by atoms with Gasteiger partial charge in [0.2, 0.25) is 0 Å². The van der Waals surface area contributed by atoms with E-state index in [0.29, 0.717) is 6.42 Å². The van der Waals surface area contributed by atoms with Crippen molar-refractivity contribution < 1.29 is 9.84 Å². The molecule has 1 aromatic heterocycles. The zero-order valence-electron chi connectivity index (χ0n) is 16.4. The van der Waals surface area contributed by atoms with E-state index in [1.165, 1.54) is 22.2 Å². The monoisotopic (exact) mass is 351 g/mol. The van der Waals surface area contributed by atoms with E-state index in [4.69, 9.17) is 4.74 Å². The lowest BCUT2D eigenvalue weighted by atomic mass is 9.92. The van der Waals surface area contributed by atoms with Crippen LogP contribution >= 0.6 is 0 Å². The van der Waals surface area contributed by atoms with Gasteiger partial charge in [-0.15, -0.1) is 0 Å². The molecular weight excluding hydrogens is 322 g/mol. The summed E-state index contributed by atoms with van der Waals surface area (Å²) in [5.41, 5.74) is 2.39. The minimum atomic E-state index is -0.766. The van der Waals surface area contributed by atoms with Crippen molar-refractivity contribution in [3.05, 3.63) is 54.6 Å². The summed E-state index contributed by atoms with van der Waals surface area (Å²) in [6, 6.07) is 18.9. The first-order chi connectivity index (χ1) is 12.2. The fourth-order valence-electron chi connectivity index (χ4n) is 3.88. The summed E-state index contributed by atoms with van der Waals surface area (Å²) in [6.45, 7) is 10.7. The smallest absolute Gasteiger partial charge is 0.122 e. The molecular formula is C23H29NO2. The van der Waals surface area contributed by atoms with Crippen molar-refractivity contribution in [1.82, 2.24) is 4.57 Å². The summed E-state index contributed by atoms with van der Waals surface area (Å²) >= 11 is 0. The number of fused-ring (bicyclic) bond motifs is 1. The molecule has 0 amide bonds. The summed E-state index contributed by atoms with van der Waals surface area (Å²) in [7, 11) is 0. The van der Waals surface area contributed by atoms with Crippen LogP contribution in [0.3, 0.4) is 0 Å². The van der Waals surface area contributed by atoms with Crippen LogP contribution in [0.4, 0.5) is 0 Å². The molecule has 138 valence electrons. The van der Waals surface area contributed by atoms with Gasteiger partial charge in [-0.3, -0.25) is 0 Å². The van der Waals surface area contributed by atoms with E-state index in [1.54, 1.807) is 0 Å². The minimum absolute atomic E-state index is 0.447. The zero-order chi connectivity index (χ0) is 18.9. The lowest BCUT2D eigenvalue weighted by Gasteiger charge is -2.32. The standard InChI is InChI=1S/C23H29NO2/c1-6-24-20(17-10-8-7-9-11-17)14-18-12-13-19(15-21(18)24)26-23(4,5)16-22(2,3)25/h7-15,25H,6,16H2,1-5H3. The lowest BCUT2D eigenvalue weighted by Crippen LogP contribution is -2.37. The molecule has 0 radical (unpaired) electrons. The van der Waals surface area contributed by atoms with Crippen LogP contribution in [0.25, 0.3) is 22.2 Å². The summed E-state index contributed by atoms with van der Waals surface area (Å²) in [4.78, 5) is 0. The van der Waals surface area contributed by atoms with Crippen molar-refractivity contribution >= 4 is 10.9 Å². The number of benzene rings is 2. The maximum Gasteiger partial charge on any atom is 0.122 e. The second-order valence-corrected chi connectivity index (χ2v) is 8.21. The topological polar surface area (TPSA) is 34.4 Å². The molecule has 0 atom stereocenters. The number of rotatable bonds is 6. The zero-order valence-corrected chi connectivity index (χ0v) is 16.4. The van der Waals surface area contributed by atoms with Crippen molar-refractivity contribution in [3.63, 3.8) is 0 Å². The summed E-state index contributed by atoms with van der Waals surface area (Å²) in [5.74, 6) is 0.833. The van der Waals surface area contributed by atoms with Gasteiger partial charge >= 0.3 is 0 Å². The predicted molar refractivity (Wildman–Crippen MR) is 109 cm³/mol. The Morgan fingerprint density at radius 2 is 1.65 bits per heavy atom. The van der Waals surface area contributed by atoms with Gasteiger partial charge in [0.25, 0.3) is 0 Å². The average Bonchev–Trinajstić information content (AvgIpc) is 2.90. The Balaban J connectivity index is 1.98. The van der Waals surface area contributed by atoms with Crippen LogP contribution < -0.4 is 4.74 Å². The highest BCUT2D eigenvalue weighted by molar-refractivity contribution is 5.88. The van der Waals surface area contributed by atoms with Crippen LogP contribution in [0.5, 0.6) is 5.75 Å². The maximum atomic E-state index is 10.1. The van der Waals surface area contributed by atoms with Gasteiger partial charge in [-0.1, -0.05) is 30.3 Å². The van der Waals surface area contributed by atoms with Gasteiger partial charge in [0.1, 0.15) is 11.4 Å². The Morgan fingerprint density at radius 3 is 2.27 bits per heavy atom. The molecule has 0 saturated heterocycles. The van der Waals surface area contributed by atoms with Crippen LogP contribution in [0.2, 0.25) is 0 Å². The molecule has 3 nitrogen and oxygen atoms in total. The summed E-state index contributed by atoms with van der Waals surface area (Å²) < 4.78 is 8.55. The van der Waals surface area contributed by atoms with E-state index < -0.39 is 11.2 Å². The highest BCUT2D eigenvalue weighted by Gasteiger charge is 2.28. The van der Waals surface area contributed by atoms with E-state index in [-0.39, 0.29) is 0 Å². The van der Waals surface area contributed by atoms with E-state index in [0.717, 1.165) is 12.3 Å². The number of nitrogens with zero attached hydrogens (tertiary/aromatic N) is 1. The minimum Gasteiger partial charge on any atom is -0.488 e. The number of ether oxygens (including phenoxy) is 1. The molecule has 0 saturated carbocycles. The van der Waals surface area contributed by atoms with Crippen LogP contribution in [0.15, 0.2) is 54.6 Å². The highest BCUT2D eigenvalue weighted by Crippen LogP contribution is 2.33. The Kier molecular flexibility index (Phi) is 4.85. The first-order valence-electron chi connectivity index (χ1n) is 9.29. The Morgan fingerprint density at radius 1 is 0.962 bits per heavy atom. The van der Waals surface area contributed by atoms with Crippen LogP contribution in [0, 0.1) is 0 Å². The fourth-order valence-corrected chi connectivity index (χ4v) is 3.88. The molecule has 3 rings (SSSR count). The maximum absolute atomic E-state index is 10.1. The van der Waals surface area contributed by atoms with Crippen LogP contribution in [-0.4, -0.2) is 20.9 Å². The van der Waals surface area contributed by atoms with E-state index in [2.05, 4.69) is 54.0 Å². The molecule has 0 unspecified atom stereocenters. The van der Waals surface area contributed by atoms with Crippen LogP contribution in [-0.2, 0) is 6.54 Å². The third-order valence-corrected chi connectivity index (χ3v) is 4.51. The van der Waals surface area contributed by atoms with Gasteiger partial charge in [0.05, 0.1) is 11.1 Å². The van der Waals surface area contributed by atoms with E-state index in [1.807, 2.05) is 39.8 Å². The van der Waals surface area contributed by atoms with Gasteiger partial charge in [0, 0.05) is 30.1 Å². The lowest BCUT2D eigenvalue weighted by molar-refractivity contribution is -0.0105. The molecule has 1 N–H and O–H groups in total. The van der Waals surface area contributed by atoms with E-state index in [9.17, 15) is 5.11 Å². The molecule has 26 heavy (non-hydrogen) atoms. The highest BCUT2D eigenvalue weighted by atomic mass is 16.5. The van der Waals surface area contributed by atoms with Crippen molar-refractivity contribution in [2.24, 2.45) is 0 Å². The van der Waals surface area contributed by atoms with Gasteiger partial charge in [-0.25, -0.2) is 0 Å². The average molecular weight is 351 g/mol. The first kappa shape index (κ1) is 18.5. The molecule has 3 heteroatoms. The molecule has 0 aliphatic rings. The number of aryl methyl sites for hydroxylation is 1. The fraction of sp³-hybridized carbons (Fsp3) is 0.391. The third-order valence-electron chi connectivity index (χ3n) is 4.51. The molecule has 0 aliphatic heterocycles. The van der Waals surface area contributed by atoms with Gasteiger partial charge in [0.15, 0.2) is 0 Å². The van der Waals surface area contributed by atoms with Crippen molar-refractivity contribution in [3.8, 4) is 17.0 Å². The predicted octanol–water partition coefficient (Wildman–Crippen LogP) is 5.65. The Labute approximate surface area is 156 Å². The van der Waals surface area contributed by atoms with Gasteiger partial charge in [-0.2, -0.15) is 0 Å². The number of aromatic nitrogens is 1. The van der Waals surface area contributed by atoms with Crippen molar-refractivity contribution in [2.75, 3.05) is 0 Å². The molecule has 3 aromatic rings. The number of hydrogen-bond acceptors (Lipinski definition) is 2. The molecule has 0 aliphatic carbocycles. The summed E-state index contributed by atoms with van der Waals surface area (Å²) in [6.07, 6.45) is 0.558. The normalized spacial score (nSPS) is 12.5. The van der Waals surface area contributed by atoms with Crippen LogP contribution in [0.1, 0.15) is 41.0 Å². The first-order valence-corrected chi connectivity index (χ1v) is 9.29.